The quantitative estimate of drug-likeness (QED) is 0.749. The predicted molar refractivity (Wildman–Crippen MR) is 110 cm³/mol. The molecule has 0 aliphatic carbocycles. The van der Waals surface area contributed by atoms with Crippen LogP contribution in [0.1, 0.15) is 38.2 Å². The molecule has 2 aromatic rings. The van der Waals surface area contributed by atoms with E-state index >= 15 is 0 Å². The molecule has 1 aromatic heterocycles. The van der Waals surface area contributed by atoms with Crippen LogP contribution in [-0.4, -0.2) is 43.0 Å². The van der Waals surface area contributed by atoms with Crippen molar-refractivity contribution in [2.45, 2.75) is 49.1 Å². The first-order chi connectivity index (χ1) is 13.4. The summed E-state index contributed by atoms with van der Waals surface area (Å²) >= 11 is 1.20. The maximum Gasteiger partial charge on any atom is 0.263 e. The molecule has 0 saturated carbocycles. The van der Waals surface area contributed by atoms with Crippen LogP contribution in [0.2, 0.25) is 0 Å². The van der Waals surface area contributed by atoms with Crippen LogP contribution in [0.3, 0.4) is 0 Å². The minimum absolute atomic E-state index is 0.0546. The second-order valence-electron chi connectivity index (χ2n) is 7.43. The van der Waals surface area contributed by atoms with Crippen molar-refractivity contribution in [2.24, 2.45) is 0 Å². The Balaban J connectivity index is 1.57. The number of aromatic nitrogens is 1. The van der Waals surface area contributed by atoms with Gasteiger partial charge in [-0.25, -0.2) is 13.4 Å². The molecule has 3 heterocycles. The fourth-order valence-corrected chi connectivity index (χ4v) is 6.40. The third-order valence-electron chi connectivity index (χ3n) is 5.96. The van der Waals surface area contributed by atoms with Gasteiger partial charge in [-0.15, -0.1) is 11.3 Å². The van der Waals surface area contributed by atoms with Crippen LogP contribution < -0.4 is 10.0 Å². The molecule has 1 aromatic carbocycles. The fourth-order valence-electron chi connectivity index (χ4n) is 4.58. The van der Waals surface area contributed by atoms with E-state index in [0.717, 1.165) is 25.9 Å². The van der Waals surface area contributed by atoms with E-state index in [1.807, 2.05) is 0 Å². The number of anilines is 2. The molecule has 0 bridgehead atoms. The third-order valence-corrected chi connectivity index (χ3v) is 8.11. The zero-order valence-electron chi connectivity index (χ0n) is 15.7. The number of sulfonamides is 1. The Bertz CT molecular complexity index is 988. The van der Waals surface area contributed by atoms with Crippen LogP contribution >= 0.6 is 11.3 Å². The van der Waals surface area contributed by atoms with E-state index < -0.39 is 10.0 Å². The molecule has 0 radical (unpaired) electrons. The largest absolute Gasteiger partial charge is 0.380 e. The number of hydrogen-bond acceptors (Lipinski definition) is 7. The predicted octanol–water partition coefficient (Wildman–Crippen LogP) is 3.24. The fraction of sp³-hybridized carbons (Fsp3) is 0.474. The van der Waals surface area contributed by atoms with E-state index in [4.69, 9.17) is 0 Å². The first kappa shape index (κ1) is 19.2. The molecule has 148 valence electrons. The van der Waals surface area contributed by atoms with Crippen molar-refractivity contribution in [3.05, 3.63) is 35.3 Å². The van der Waals surface area contributed by atoms with Crippen LogP contribution in [0.15, 0.2) is 34.7 Å². The van der Waals surface area contributed by atoms with E-state index in [2.05, 4.69) is 32.9 Å². The van der Waals surface area contributed by atoms with Crippen molar-refractivity contribution in [3.8, 4) is 6.07 Å². The normalized spacial score (nSPS) is 19.7. The standard InChI is InChI=1S/C19H23N5O2S2/c1-14(19-6-2-9-24(19)10-3-7-19)22-17-5-4-16(12-15(17)13-20)28(25,26)23-18-21-8-11-27-18/h4-5,8,11-12,14,22H,2-3,6-7,9-10H2,1H3,(H,21,23). The zero-order chi connectivity index (χ0) is 19.8. The summed E-state index contributed by atoms with van der Waals surface area (Å²) in [6.07, 6.45) is 6.26. The molecule has 2 saturated heterocycles. The second kappa shape index (κ2) is 7.35. The Hall–Kier alpha value is -2.15. The Morgan fingerprint density at radius 1 is 1.32 bits per heavy atom. The van der Waals surface area contributed by atoms with E-state index in [-0.39, 0.29) is 16.5 Å². The van der Waals surface area contributed by atoms with Gasteiger partial charge in [0.25, 0.3) is 10.0 Å². The van der Waals surface area contributed by atoms with Gasteiger partial charge >= 0.3 is 0 Å². The summed E-state index contributed by atoms with van der Waals surface area (Å²) in [4.78, 5) is 6.56. The second-order valence-corrected chi connectivity index (χ2v) is 10.0. The average molecular weight is 418 g/mol. The van der Waals surface area contributed by atoms with Gasteiger partial charge in [0, 0.05) is 23.2 Å². The number of nitriles is 1. The van der Waals surface area contributed by atoms with Gasteiger partial charge in [-0.2, -0.15) is 5.26 Å². The van der Waals surface area contributed by atoms with E-state index in [9.17, 15) is 13.7 Å². The summed E-state index contributed by atoms with van der Waals surface area (Å²) in [7, 11) is -3.78. The number of thiazole rings is 1. The van der Waals surface area contributed by atoms with Gasteiger partial charge in [-0.05, 0) is 63.9 Å². The first-order valence-corrected chi connectivity index (χ1v) is 11.8. The molecule has 2 N–H and O–H groups in total. The highest BCUT2D eigenvalue weighted by Crippen LogP contribution is 2.42. The van der Waals surface area contributed by atoms with E-state index in [1.165, 1.54) is 42.5 Å². The molecule has 7 nitrogen and oxygen atoms in total. The molecule has 2 fully saturated rings. The minimum atomic E-state index is -3.78. The summed E-state index contributed by atoms with van der Waals surface area (Å²) in [5, 5.41) is 15.1. The lowest BCUT2D eigenvalue weighted by atomic mass is 9.86. The van der Waals surface area contributed by atoms with Crippen molar-refractivity contribution < 1.29 is 8.42 Å². The van der Waals surface area contributed by atoms with Crippen molar-refractivity contribution in [1.29, 1.82) is 5.26 Å². The number of nitrogens with one attached hydrogen (secondary N) is 2. The monoisotopic (exact) mass is 417 g/mol. The molecule has 1 unspecified atom stereocenters. The van der Waals surface area contributed by atoms with Gasteiger partial charge in [-0.3, -0.25) is 9.62 Å². The Morgan fingerprint density at radius 2 is 2.07 bits per heavy atom. The topological polar surface area (TPSA) is 98.1 Å². The van der Waals surface area contributed by atoms with E-state index in [1.54, 1.807) is 11.4 Å². The smallest absolute Gasteiger partial charge is 0.263 e. The Labute approximate surface area is 169 Å². The maximum atomic E-state index is 12.6. The lowest BCUT2D eigenvalue weighted by Gasteiger charge is -2.39. The van der Waals surface area contributed by atoms with Gasteiger partial charge in [0.1, 0.15) is 6.07 Å². The average Bonchev–Trinajstić information content (AvgIpc) is 3.38. The number of hydrogen-bond donors (Lipinski definition) is 2. The van der Waals surface area contributed by atoms with Gasteiger partial charge in [0.05, 0.1) is 16.1 Å². The van der Waals surface area contributed by atoms with Crippen LogP contribution in [0.5, 0.6) is 0 Å². The van der Waals surface area contributed by atoms with Gasteiger partial charge < -0.3 is 5.32 Å². The van der Waals surface area contributed by atoms with Crippen molar-refractivity contribution in [3.63, 3.8) is 0 Å². The Kier molecular flexibility index (Phi) is 5.04. The molecule has 28 heavy (non-hydrogen) atoms. The SMILES string of the molecule is CC(Nc1ccc(S(=O)(=O)Nc2nccs2)cc1C#N)C12CCCN1CCC2. The molecule has 2 aliphatic heterocycles. The van der Waals surface area contributed by atoms with E-state index in [0.29, 0.717) is 16.4 Å². The minimum Gasteiger partial charge on any atom is -0.380 e. The van der Waals surface area contributed by atoms with Crippen molar-refractivity contribution in [2.75, 3.05) is 23.1 Å². The number of benzene rings is 1. The maximum absolute atomic E-state index is 12.6. The van der Waals surface area contributed by atoms with Crippen molar-refractivity contribution >= 4 is 32.2 Å². The molecule has 2 aliphatic rings. The lowest BCUT2D eigenvalue weighted by molar-refractivity contribution is 0.174. The third kappa shape index (κ3) is 3.36. The molecule has 1 atom stereocenters. The molecule has 4 rings (SSSR count). The highest BCUT2D eigenvalue weighted by atomic mass is 32.2. The van der Waals surface area contributed by atoms with Crippen LogP contribution in [-0.2, 0) is 10.0 Å². The number of rotatable bonds is 6. The molecule has 9 heteroatoms. The zero-order valence-corrected chi connectivity index (χ0v) is 17.3. The van der Waals surface area contributed by atoms with Crippen LogP contribution in [0, 0.1) is 11.3 Å². The summed E-state index contributed by atoms with van der Waals surface area (Å²) in [5.41, 5.74) is 1.15. The summed E-state index contributed by atoms with van der Waals surface area (Å²) in [6.45, 7) is 4.44. The summed E-state index contributed by atoms with van der Waals surface area (Å²) < 4.78 is 27.6. The highest BCUT2D eigenvalue weighted by Gasteiger charge is 2.48. The van der Waals surface area contributed by atoms with Crippen LogP contribution in [0.4, 0.5) is 10.8 Å². The number of fused-ring (bicyclic) bond motifs is 1. The molecular weight excluding hydrogens is 394 g/mol. The summed E-state index contributed by atoms with van der Waals surface area (Å²) in [6, 6.07) is 6.96. The molecule has 0 amide bonds. The van der Waals surface area contributed by atoms with Crippen molar-refractivity contribution in [1.82, 2.24) is 9.88 Å². The lowest BCUT2D eigenvalue weighted by Crippen LogP contribution is -2.50. The molecule has 0 spiro atoms. The first-order valence-electron chi connectivity index (χ1n) is 9.43. The van der Waals surface area contributed by atoms with Gasteiger partial charge in [0.15, 0.2) is 5.13 Å². The Morgan fingerprint density at radius 3 is 2.71 bits per heavy atom. The number of nitrogens with zero attached hydrogens (tertiary/aromatic N) is 3. The summed E-state index contributed by atoms with van der Waals surface area (Å²) in [5.74, 6) is 0. The highest BCUT2D eigenvalue weighted by molar-refractivity contribution is 7.93. The van der Waals surface area contributed by atoms with Gasteiger partial charge in [0.2, 0.25) is 0 Å². The molecular formula is C19H23N5O2S2. The van der Waals surface area contributed by atoms with Crippen LogP contribution in [0.25, 0.3) is 0 Å². The van der Waals surface area contributed by atoms with Gasteiger partial charge in [-0.1, -0.05) is 0 Å².